The van der Waals surface area contributed by atoms with Gasteiger partial charge in [-0.05, 0) is 27.2 Å². The lowest BCUT2D eigenvalue weighted by molar-refractivity contribution is -0.133. The van der Waals surface area contributed by atoms with Gasteiger partial charge in [-0.2, -0.15) is 0 Å². The highest BCUT2D eigenvalue weighted by Crippen LogP contribution is 2.15. The molecule has 0 aromatic rings. The summed E-state index contributed by atoms with van der Waals surface area (Å²) in [5.41, 5.74) is 3.84. The lowest BCUT2D eigenvalue weighted by atomic mass is 10.00. The first kappa shape index (κ1) is 24.1. The van der Waals surface area contributed by atoms with Crippen LogP contribution in [0.25, 0.3) is 0 Å². The van der Waals surface area contributed by atoms with Gasteiger partial charge in [0, 0.05) is 31.7 Å². The fourth-order valence-corrected chi connectivity index (χ4v) is 3.48. The molecule has 172 valence electrons. The van der Waals surface area contributed by atoms with Crippen LogP contribution in [-0.4, -0.2) is 65.1 Å². The Bertz CT molecular complexity index is 782. The van der Waals surface area contributed by atoms with E-state index >= 15 is 0 Å². The first-order valence-corrected chi connectivity index (χ1v) is 10.2. The number of carbonyl (C=O) groups excluding carboxylic acids is 6. The molecule has 0 bridgehead atoms. The molecule has 0 saturated carbocycles. The van der Waals surface area contributed by atoms with Crippen molar-refractivity contribution >= 4 is 35.4 Å². The topological polar surface area (TPSA) is 189 Å². The first-order valence-electron chi connectivity index (χ1n) is 10.2. The van der Waals surface area contributed by atoms with Gasteiger partial charge < -0.3 is 32.3 Å². The number of hydrogen-bond acceptors (Lipinski definition) is 6. The van der Waals surface area contributed by atoms with Gasteiger partial charge in [-0.15, -0.1) is 0 Å². The molecule has 0 radical (unpaired) electrons. The first-order chi connectivity index (χ1) is 14.4. The van der Waals surface area contributed by atoms with Crippen molar-refractivity contribution in [1.29, 1.82) is 0 Å². The summed E-state index contributed by atoms with van der Waals surface area (Å²) in [5, 5.41) is 13.1. The quantitative estimate of drug-likeness (QED) is 0.227. The van der Waals surface area contributed by atoms with Crippen LogP contribution in [0.4, 0.5) is 0 Å². The molecule has 0 aliphatic carbocycles. The summed E-state index contributed by atoms with van der Waals surface area (Å²) in [6.07, 6.45) is 0.826. The van der Waals surface area contributed by atoms with E-state index in [9.17, 15) is 28.8 Å². The summed E-state index contributed by atoms with van der Waals surface area (Å²) in [6.45, 7) is 4.48. The highest BCUT2D eigenvalue weighted by Gasteiger charge is 2.39. The van der Waals surface area contributed by atoms with E-state index in [2.05, 4.69) is 26.6 Å². The average Bonchev–Trinajstić information content (AvgIpc) is 3.18. The predicted molar refractivity (Wildman–Crippen MR) is 108 cm³/mol. The van der Waals surface area contributed by atoms with Crippen molar-refractivity contribution in [3.63, 3.8) is 0 Å². The summed E-state index contributed by atoms with van der Waals surface area (Å²) in [4.78, 5) is 71.3. The van der Waals surface area contributed by atoms with Crippen LogP contribution >= 0.6 is 0 Å². The Morgan fingerprint density at radius 1 is 1.10 bits per heavy atom. The van der Waals surface area contributed by atoms with Gasteiger partial charge in [-0.1, -0.05) is 0 Å². The molecule has 2 rings (SSSR count). The molecular formula is C19H30N6O6. The lowest BCUT2D eigenvalue weighted by Crippen LogP contribution is -2.59. The number of carbonyl (C=O) groups is 6. The Balaban J connectivity index is 1.90. The fourth-order valence-electron chi connectivity index (χ4n) is 3.48. The van der Waals surface area contributed by atoms with E-state index < -0.39 is 41.4 Å². The number of hydrogen-bond donors (Lipinski definition) is 6. The summed E-state index contributed by atoms with van der Waals surface area (Å²) in [5.74, 6) is -2.52. The van der Waals surface area contributed by atoms with Crippen molar-refractivity contribution < 1.29 is 28.8 Å². The van der Waals surface area contributed by atoms with Crippen molar-refractivity contribution in [3.05, 3.63) is 0 Å². The van der Waals surface area contributed by atoms with Gasteiger partial charge >= 0.3 is 0 Å². The second-order valence-corrected chi connectivity index (χ2v) is 8.53. The Morgan fingerprint density at radius 2 is 1.77 bits per heavy atom. The van der Waals surface area contributed by atoms with E-state index in [4.69, 9.17) is 5.73 Å². The number of nitrogens with one attached hydrogen (secondary N) is 5. The molecule has 2 saturated heterocycles. The maximum Gasteiger partial charge on any atom is 0.245 e. The summed E-state index contributed by atoms with van der Waals surface area (Å²) < 4.78 is 0. The number of primary amides is 1. The minimum absolute atomic E-state index is 0.0206. The summed E-state index contributed by atoms with van der Waals surface area (Å²) in [6, 6.07) is -2.46. The van der Waals surface area contributed by atoms with Crippen LogP contribution in [0.15, 0.2) is 0 Å². The van der Waals surface area contributed by atoms with Gasteiger partial charge in [-0.3, -0.25) is 28.8 Å². The van der Waals surface area contributed by atoms with Crippen LogP contribution in [0.5, 0.6) is 0 Å². The lowest BCUT2D eigenvalue weighted by Gasteiger charge is -2.29. The maximum absolute atomic E-state index is 12.8. The third-order valence-corrected chi connectivity index (χ3v) is 5.30. The Kier molecular flexibility index (Phi) is 7.58. The highest BCUT2D eigenvalue weighted by molar-refractivity contribution is 5.93. The second kappa shape index (κ2) is 9.75. The normalized spacial score (nSPS) is 24.0. The fraction of sp³-hybridized carbons (Fsp3) is 0.684. The third-order valence-electron chi connectivity index (χ3n) is 5.30. The van der Waals surface area contributed by atoms with Crippen LogP contribution in [0, 0.1) is 0 Å². The third kappa shape index (κ3) is 6.93. The van der Waals surface area contributed by atoms with E-state index in [0.717, 1.165) is 0 Å². The van der Waals surface area contributed by atoms with Gasteiger partial charge in [0.2, 0.25) is 35.4 Å². The van der Waals surface area contributed by atoms with E-state index in [-0.39, 0.29) is 43.0 Å². The van der Waals surface area contributed by atoms with Crippen molar-refractivity contribution in [1.82, 2.24) is 26.6 Å². The highest BCUT2D eigenvalue weighted by atomic mass is 16.2. The number of nitrogens with two attached hydrogens (primary N) is 1. The largest absolute Gasteiger partial charge is 0.368 e. The van der Waals surface area contributed by atoms with Crippen molar-refractivity contribution in [3.8, 4) is 0 Å². The molecule has 2 fully saturated rings. The standard InChI is InChI=1S/C19H30N6O6/c1-9(17(20)30)21-14(27)7-11-12(8-15(28)23-11)24-18(31)19(2,3)25-16(29)6-10-4-5-13(26)22-10/h9-12H,4-8H2,1-3H3,(H2,20,30)(H,21,27)(H,22,26)(H,23,28)(H,24,31)(H,25,29). The zero-order valence-electron chi connectivity index (χ0n) is 17.9. The smallest absolute Gasteiger partial charge is 0.245 e. The molecule has 4 atom stereocenters. The van der Waals surface area contributed by atoms with Crippen LogP contribution in [0.2, 0.25) is 0 Å². The Hall–Kier alpha value is -3.18. The van der Waals surface area contributed by atoms with Crippen LogP contribution < -0.4 is 32.3 Å². The van der Waals surface area contributed by atoms with Crippen molar-refractivity contribution in [2.75, 3.05) is 0 Å². The zero-order chi connectivity index (χ0) is 23.3. The van der Waals surface area contributed by atoms with E-state index in [1.807, 2.05) is 0 Å². The maximum atomic E-state index is 12.8. The van der Waals surface area contributed by atoms with Gasteiger partial charge in [-0.25, -0.2) is 0 Å². The van der Waals surface area contributed by atoms with Crippen LogP contribution in [-0.2, 0) is 28.8 Å². The van der Waals surface area contributed by atoms with E-state index in [0.29, 0.717) is 12.8 Å². The van der Waals surface area contributed by atoms with Crippen LogP contribution in [0.3, 0.4) is 0 Å². The van der Waals surface area contributed by atoms with E-state index in [1.165, 1.54) is 20.8 Å². The van der Waals surface area contributed by atoms with Gasteiger partial charge in [0.15, 0.2) is 0 Å². The molecule has 12 nitrogen and oxygen atoms in total. The molecule has 7 N–H and O–H groups in total. The van der Waals surface area contributed by atoms with Crippen LogP contribution in [0.1, 0.15) is 52.9 Å². The monoisotopic (exact) mass is 438 g/mol. The molecule has 0 spiro atoms. The molecular weight excluding hydrogens is 408 g/mol. The average molecular weight is 438 g/mol. The minimum atomic E-state index is -1.28. The van der Waals surface area contributed by atoms with Crippen molar-refractivity contribution in [2.24, 2.45) is 5.73 Å². The molecule has 0 aromatic carbocycles. The molecule has 0 aromatic heterocycles. The number of rotatable bonds is 9. The van der Waals surface area contributed by atoms with E-state index in [1.54, 1.807) is 0 Å². The van der Waals surface area contributed by atoms with Gasteiger partial charge in [0.1, 0.15) is 11.6 Å². The Labute approximate surface area is 179 Å². The molecule has 2 heterocycles. The second-order valence-electron chi connectivity index (χ2n) is 8.53. The Morgan fingerprint density at radius 3 is 2.35 bits per heavy atom. The van der Waals surface area contributed by atoms with Crippen molar-refractivity contribution in [2.45, 2.75) is 82.6 Å². The molecule has 31 heavy (non-hydrogen) atoms. The molecule has 6 amide bonds. The number of amides is 6. The SMILES string of the molecule is CC(NC(=O)CC1NC(=O)CC1NC(=O)C(C)(C)NC(=O)CC1CCC(=O)N1)C(N)=O. The zero-order valence-corrected chi connectivity index (χ0v) is 17.9. The summed E-state index contributed by atoms with van der Waals surface area (Å²) in [7, 11) is 0. The minimum Gasteiger partial charge on any atom is -0.368 e. The predicted octanol–water partition coefficient (Wildman–Crippen LogP) is -2.70. The molecule has 2 aliphatic rings. The van der Waals surface area contributed by atoms with Gasteiger partial charge in [0.25, 0.3) is 0 Å². The molecule has 2 aliphatic heterocycles. The van der Waals surface area contributed by atoms with Gasteiger partial charge in [0.05, 0.1) is 12.1 Å². The summed E-state index contributed by atoms with van der Waals surface area (Å²) >= 11 is 0. The molecule has 4 unspecified atom stereocenters. The molecule has 12 heteroatoms.